The van der Waals surface area contributed by atoms with Crippen LogP contribution in [0.2, 0.25) is 0 Å². The molecule has 0 bridgehead atoms. The number of carbonyl (C=O) groups excluding carboxylic acids is 3. The summed E-state index contributed by atoms with van der Waals surface area (Å²) < 4.78 is 19.3. The monoisotopic (exact) mass is 371 g/mol. The number of amides is 4. The minimum atomic E-state index is -0.926. The van der Waals surface area contributed by atoms with Crippen molar-refractivity contribution in [2.24, 2.45) is 0 Å². The third kappa shape index (κ3) is 2.97. The van der Waals surface area contributed by atoms with Crippen molar-refractivity contribution in [1.29, 1.82) is 0 Å². The molecule has 140 valence electrons. The summed E-state index contributed by atoms with van der Waals surface area (Å²) in [5, 5.41) is 3.41. The molecule has 1 aromatic carbocycles. The summed E-state index contributed by atoms with van der Waals surface area (Å²) >= 11 is 0. The Hall–Kier alpha value is -3.16. The van der Waals surface area contributed by atoms with Gasteiger partial charge in [0.15, 0.2) is 5.76 Å². The summed E-state index contributed by atoms with van der Waals surface area (Å²) in [5.74, 6) is -1.64. The Kier molecular flexibility index (Phi) is 4.18. The van der Waals surface area contributed by atoms with Gasteiger partial charge in [-0.05, 0) is 37.1 Å². The lowest BCUT2D eigenvalue weighted by Gasteiger charge is -2.30. The van der Waals surface area contributed by atoms with Crippen molar-refractivity contribution < 1.29 is 23.2 Å². The van der Waals surface area contributed by atoms with Gasteiger partial charge in [-0.3, -0.25) is 9.59 Å². The predicted octanol–water partition coefficient (Wildman–Crippen LogP) is 2.99. The Bertz CT molecular complexity index is 917. The number of rotatable bonds is 3. The van der Waals surface area contributed by atoms with E-state index in [0.29, 0.717) is 17.9 Å². The van der Waals surface area contributed by atoms with Crippen LogP contribution >= 0.6 is 0 Å². The number of hydrazine groups is 1. The van der Waals surface area contributed by atoms with Crippen LogP contribution in [-0.4, -0.2) is 28.4 Å². The average molecular weight is 371 g/mol. The van der Waals surface area contributed by atoms with Crippen LogP contribution < -0.4 is 10.7 Å². The van der Waals surface area contributed by atoms with Crippen LogP contribution in [0.3, 0.4) is 0 Å². The topological polar surface area (TPSA) is 91.7 Å². The summed E-state index contributed by atoms with van der Waals surface area (Å²) in [7, 11) is 0. The highest BCUT2D eigenvalue weighted by molar-refractivity contribution is 6.09. The summed E-state index contributed by atoms with van der Waals surface area (Å²) in [6.07, 6.45) is 3.82. The van der Waals surface area contributed by atoms with E-state index >= 15 is 0 Å². The van der Waals surface area contributed by atoms with Crippen molar-refractivity contribution in [3.8, 4) is 11.3 Å². The van der Waals surface area contributed by atoms with Gasteiger partial charge < -0.3 is 9.73 Å². The predicted molar refractivity (Wildman–Crippen MR) is 92.8 cm³/mol. The first kappa shape index (κ1) is 17.3. The molecule has 1 aliphatic carbocycles. The standard InChI is InChI=1S/C19H18FN3O4/c20-13-7-3-2-6-12(13)14-8-9-15(27-14)16(24)22-23-17(25)19(21-18(23)26)10-4-1-5-11-19/h2-3,6-9H,1,4-5,10-11H2,(H,21,26)(H,22,24). The molecule has 7 nitrogen and oxygen atoms in total. The van der Waals surface area contributed by atoms with Crippen LogP contribution in [0, 0.1) is 5.82 Å². The second kappa shape index (κ2) is 6.53. The summed E-state index contributed by atoms with van der Waals surface area (Å²) in [5.41, 5.74) is 1.58. The van der Waals surface area contributed by atoms with Gasteiger partial charge in [0.05, 0.1) is 5.56 Å². The van der Waals surface area contributed by atoms with Gasteiger partial charge in [0.25, 0.3) is 5.91 Å². The average Bonchev–Trinajstić information content (AvgIpc) is 3.23. The molecule has 0 radical (unpaired) electrons. The van der Waals surface area contributed by atoms with Crippen molar-refractivity contribution in [2.45, 2.75) is 37.6 Å². The zero-order valence-electron chi connectivity index (χ0n) is 14.5. The van der Waals surface area contributed by atoms with Gasteiger partial charge in [0.1, 0.15) is 17.1 Å². The SMILES string of the molecule is O=C(NN1C(=O)NC2(CCCCC2)C1=O)c1ccc(-c2ccccc2F)o1. The van der Waals surface area contributed by atoms with E-state index < -0.39 is 29.2 Å². The fraction of sp³-hybridized carbons (Fsp3) is 0.316. The second-order valence-electron chi connectivity index (χ2n) is 6.80. The number of nitrogens with one attached hydrogen (secondary N) is 2. The lowest BCUT2D eigenvalue weighted by atomic mass is 9.82. The quantitative estimate of drug-likeness (QED) is 0.812. The summed E-state index contributed by atoms with van der Waals surface area (Å²) in [4.78, 5) is 37.3. The van der Waals surface area contributed by atoms with Crippen LogP contribution in [-0.2, 0) is 4.79 Å². The van der Waals surface area contributed by atoms with E-state index in [1.165, 1.54) is 24.3 Å². The maximum absolute atomic E-state index is 13.9. The molecule has 0 unspecified atom stereocenters. The van der Waals surface area contributed by atoms with Crippen molar-refractivity contribution in [3.63, 3.8) is 0 Å². The van der Waals surface area contributed by atoms with Crippen LogP contribution in [0.5, 0.6) is 0 Å². The first-order valence-electron chi connectivity index (χ1n) is 8.83. The fourth-order valence-corrected chi connectivity index (χ4v) is 3.64. The Morgan fingerprint density at radius 2 is 1.85 bits per heavy atom. The Balaban J connectivity index is 1.51. The summed E-state index contributed by atoms with van der Waals surface area (Å²) in [6.45, 7) is 0. The molecule has 2 N–H and O–H groups in total. The molecule has 1 aliphatic heterocycles. The van der Waals surface area contributed by atoms with E-state index in [1.54, 1.807) is 12.1 Å². The third-order valence-corrected chi connectivity index (χ3v) is 5.05. The van der Waals surface area contributed by atoms with Gasteiger partial charge in [0.2, 0.25) is 0 Å². The smallest absolute Gasteiger partial charge is 0.344 e. The number of furan rings is 1. The first-order valence-corrected chi connectivity index (χ1v) is 8.83. The number of halogens is 1. The molecule has 2 fully saturated rings. The second-order valence-corrected chi connectivity index (χ2v) is 6.80. The van der Waals surface area contributed by atoms with Crippen LogP contribution in [0.15, 0.2) is 40.8 Å². The highest BCUT2D eigenvalue weighted by Gasteiger charge is 2.52. The number of hydrogen-bond donors (Lipinski definition) is 2. The minimum Gasteiger partial charge on any atom is -0.451 e. The van der Waals surface area contributed by atoms with Crippen LogP contribution in [0.1, 0.15) is 42.7 Å². The largest absolute Gasteiger partial charge is 0.451 e. The fourth-order valence-electron chi connectivity index (χ4n) is 3.64. The molecule has 2 aliphatic rings. The van der Waals surface area contributed by atoms with Crippen molar-refractivity contribution in [3.05, 3.63) is 48.0 Å². The highest BCUT2D eigenvalue weighted by Crippen LogP contribution is 2.33. The Morgan fingerprint density at radius 3 is 2.59 bits per heavy atom. The molecule has 4 amide bonds. The maximum Gasteiger partial charge on any atom is 0.344 e. The maximum atomic E-state index is 13.9. The molecule has 1 saturated carbocycles. The van der Waals surface area contributed by atoms with Crippen LogP contribution in [0.4, 0.5) is 9.18 Å². The molecule has 0 atom stereocenters. The van der Waals surface area contributed by atoms with Gasteiger partial charge in [-0.2, -0.15) is 5.01 Å². The van der Waals surface area contributed by atoms with E-state index in [0.717, 1.165) is 19.3 Å². The number of urea groups is 1. The number of hydrogen-bond acceptors (Lipinski definition) is 4. The highest BCUT2D eigenvalue weighted by atomic mass is 19.1. The van der Waals surface area contributed by atoms with Gasteiger partial charge in [-0.25, -0.2) is 14.6 Å². The molecule has 1 spiro atoms. The van der Waals surface area contributed by atoms with E-state index in [1.807, 2.05) is 0 Å². The molecular weight excluding hydrogens is 353 g/mol. The van der Waals surface area contributed by atoms with Crippen molar-refractivity contribution >= 4 is 17.8 Å². The molecule has 8 heteroatoms. The van der Waals surface area contributed by atoms with Crippen LogP contribution in [0.25, 0.3) is 11.3 Å². The molecule has 4 rings (SSSR count). The zero-order valence-corrected chi connectivity index (χ0v) is 14.5. The van der Waals surface area contributed by atoms with E-state index in [-0.39, 0.29) is 17.1 Å². The number of benzene rings is 1. The molecule has 1 saturated heterocycles. The lowest BCUT2D eigenvalue weighted by Crippen LogP contribution is -2.50. The van der Waals surface area contributed by atoms with Crippen molar-refractivity contribution in [1.82, 2.24) is 15.8 Å². The number of carbonyl (C=O) groups is 3. The number of nitrogens with zero attached hydrogens (tertiary/aromatic N) is 1. The zero-order chi connectivity index (χ0) is 19.0. The summed E-state index contributed by atoms with van der Waals surface area (Å²) in [6, 6.07) is 8.18. The Morgan fingerprint density at radius 1 is 1.11 bits per heavy atom. The van der Waals surface area contributed by atoms with Gasteiger partial charge >= 0.3 is 11.9 Å². The minimum absolute atomic E-state index is 0.126. The molecule has 2 aromatic rings. The first-order chi connectivity index (χ1) is 13.0. The molecule has 2 heterocycles. The van der Waals surface area contributed by atoms with E-state index in [4.69, 9.17) is 4.42 Å². The van der Waals surface area contributed by atoms with Gasteiger partial charge in [0, 0.05) is 0 Å². The lowest BCUT2D eigenvalue weighted by molar-refractivity contribution is -0.134. The molecule has 27 heavy (non-hydrogen) atoms. The Labute approximate surface area is 154 Å². The van der Waals surface area contributed by atoms with E-state index in [9.17, 15) is 18.8 Å². The number of imide groups is 1. The van der Waals surface area contributed by atoms with Crippen molar-refractivity contribution in [2.75, 3.05) is 0 Å². The van der Waals surface area contributed by atoms with E-state index in [2.05, 4.69) is 10.7 Å². The molecular formula is C19H18FN3O4. The molecule has 1 aromatic heterocycles. The van der Waals surface area contributed by atoms with Gasteiger partial charge in [-0.1, -0.05) is 31.4 Å². The normalized spacial score (nSPS) is 18.6. The third-order valence-electron chi connectivity index (χ3n) is 5.05. The van der Waals surface area contributed by atoms with Gasteiger partial charge in [-0.15, -0.1) is 0 Å².